The number of rotatable bonds is 5. The molecule has 0 saturated carbocycles. The first kappa shape index (κ1) is 16.5. The van der Waals surface area contributed by atoms with Crippen LogP contribution in [0.2, 0.25) is 0 Å². The maximum atomic E-state index is 12.7. The van der Waals surface area contributed by atoms with E-state index in [2.05, 4.69) is 6.58 Å². The lowest BCUT2D eigenvalue weighted by Crippen LogP contribution is -2.27. The number of nitrogens with zero attached hydrogens (tertiary/aromatic N) is 1. The minimum atomic E-state index is -0.116. The van der Waals surface area contributed by atoms with Crippen LogP contribution in [0.3, 0.4) is 0 Å². The summed E-state index contributed by atoms with van der Waals surface area (Å²) in [5, 5.41) is 0. The number of carbonyl (C=O) groups excluding carboxylic acids is 1. The average Bonchev–Trinajstić information content (AvgIpc) is 2.88. The van der Waals surface area contributed by atoms with Crippen molar-refractivity contribution in [2.24, 2.45) is 0 Å². The summed E-state index contributed by atoms with van der Waals surface area (Å²) in [6.45, 7) is 4.06. The number of hydrogen-bond acceptors (Lipinski definition) is 4. The van der Waals surface area contributed by atoms with E-state index < -0.39 is 0 Å². The first-order valence-electron chi connectivity index (χ1n) is 7.36. The van der Waals surface area contributed by atoms with Crippen LogP contribution in [0.1, 0.15) is 5.56 Å². The molecule has 1 heterocycles. The molecule has 0 aliphatic carbocycles. The van der Waals surface area contributed by atoms with E-state index in [-0.39, 0.29) is 5.91 Å². The number of ether oxygens (including phenoxy) is 1. The van der Waals surface area contributed by atoms with Crippen LogP contribution in [0.15, 0.2) is 72.2 Å². The van der Waals surface area contributed by atoms with Crippen LogP contribution in [-0.2, 0) is 4.79 Å². The van der Waals surface area contributed by atoms with Gasteiger partial charge in [-0.25, -0.2) is 0 Å². The van der Waals surface area contributed by atoms with Crippen LogP contribution in [0.5, 0.6) is 5.75 Å². The molecular formula is C19H15NO2S2. The van der Waals surface area contributed by atoms with Crippen molar-refractivity contribution in [3.05, 3.63) is 77.7 Å². The minimum absolute atomic E-state index is 0.116. The van der Waals surface area contributed by atoms with Gasteiger partial charge in [0.2, 0.25) is 0 Å². The van der Waals surface area contributed by atoms with Crippen molar-refractivity contribution in [3.8, 4) is 5.75 Å². The van der Waals surface area contributed by atoms with Gasteiger partial charge in [-0.3, -0.25) is 9.69 Å². The number of carbonyl (C=O) groups is 1. The van der Waals surface area contributed by atoms with Crippen LogP contribution >= 0.6 is 24.0 Å². The highest BCUT2D eigenvalue weighted by Gasteiger charge is 2.33. The van der Waals surface area contributed by atoms with E-state index in [0.717, 1.165) is 11.3 Å². The lowest BCUT2D eigenvalue weighted by Gasteiger charge is -2.13. The molecule has 0 spiro atoms. The molecule has 0 atom stereocenters. The Morgan fingerprint density at radius 2 is 1.83 bits per heavy atom. The largest absolute Gasteiger partial charge is 0.489 e. The summed E-state index contributed by atoms with van der Waals surface area (Å²) in [5.41, 5.74) is 1.62. The van der Waals surface area contributed by atoms with Crippen LogP contribution < -0.4 is 9.64 Å². The van der Waals surface area contributed by atoms with Crippen molar-refractivity contribution in [2.75, 3.05) is 11.5 Å². The Morgan fingerprint density at radius 1 is 1.12 bits per heavy atom. The summed E-state index contributed by atoms with van der Waals surface area (Å²) in [6, 6.07) is 17.0. The number of para-hydroxylation sites is 2. The molecule has 0 N–H and O–H groups in total. The fourth-order valence-corrected chi connectivity index (χ4v) is 3.58. The fourth-order valence-electron chi connectivity index (χ4n) is 2.29. The molecule has 0 bridgehead atoms. The molecule has 2 aromatic carbocycles. The quantitative estimate of drug-likeness (QED) is 0.444. The molecule has 1 aliphatic heterocycles. The fraction of sp³-hybridized carbons (Fsp3) is 0.0526. The standard InChI is InChI=1S/C19H15NO2S2/c1-2-12-22-16-11-7-6-8-14(16)13-17-18(21)20(19(23)24-17)15-9-4-3-5-10-15/h2-11,13H,1,12H2. The number of amides is 1. The molecule has 5 heteroatoms. The van der Waals surface area contributed by atoms with Crippen molar-refractivity contribution in [2.45, 2.75) is 0 Å². The summed E-state index contributed by atoms with van der Waals surface area (Å²) < 4.78 is 6.17. The lowest BCUT2D eigenvalue weighted by atomic mass is 10.2. The van der Waals surface area contributed by atoms with Crippen LogP contribution in [-0.4, -0.2) is 16.8 Å². The van der Waals surface area contributed by atoms with E-state index in [1.54, 1.807) is 11.0 Å². The second-order valence-corrected chi connectivity index (χ2v) is 6.67. The SMILES string of the molecule is C=CCOc1ccccc1C=C1SC(=S)N(c2ccccc2)C1=O. The maximum Gasteiger partial charge on any atom is 0.270 e. The van der Waals surface area contributed by atoms with Crippen LogP contribution in [0.4, 0.5) is 5.69 Å². The van der Waals surface area contributed by atoms with E-state index in [9.17, 15) is 4.79 Å². The maximum absolute atomic E-state index is 12.7. The lowest BCUT2D eigenvalue weighted by molar-refractivity contribution is -0.113. The monoisotopic (exact) mass is 353 g/mol. The topological polar surface area (TPSA) is 29.5 Å². The molecule has 0 radical (unpaired) electrons. The van der Waals surface area contributed by atoms with Gasteiger partial charge in [0.05, 0.1) is 10.6 Å². The first-order chi connectivity index (χ1) is 11.7. The zero-order valence-corrected chi connectivity index (χ0v) is 14.5. The number of anilines is 1. The average molecular weight is 353 g/mol. The molecule has 24 heavy (non-hydrogen) atoms. The highest BCUT2D eigenvalue weighted by atomic mass is 32.2. The molecule has 0 unspecified atom stereocenters. The van der Waals surface area contributed by atoms with Crippen molar-refractivity contribution in [3.63, 3.8) is 0 Å². The first-order valence-corrected chi connectivity index (χ1v) is 8.59. The number of thioether (sulfide) groups is 1. The number of benzene rings is 2. The van der Waals surface area contributed by atoms with Crippen LogP contribution in [0.25, 0.3) is 6.08 Å². The molecular weight excluding hydrogens is 338 g/mol. The van der Waals surface area contributed by atoms with Crippen molar-refractivity contribution in [1.82, 2.24) is 0 Å². The molecule has 2 aromatic rings. The summed E-state index contributed by atoms with van der Waals surface area (Å²) in [5.74, 6) is 0.595. The number of hydrogen-bond donors (Lipinski definition) is 0. The molecule has 3 nitrogen and oxygen atoms in total. The third-order valence-electron chi connectivity index (χ3n) is 3.37. The molecule has 1 amide bonds. The second kappa shape index (κ2) is 7.47. The molecule has 120 valence electrons. The zero-order valence-electron chi connectivity index (χ0n) is 12.8. The van der Waals surface area contributed by atoms with Gasteiger partial charge in [0.15, 0.2) is 4.32 Å². The van der Waals surface area contributed by atoms with Gasteiger partial charge in [-0.1, -0.05) is 73.0 Å². The van der Waals surface area contributed by atoms with Gasteiger partial charge < -0.3 is 4.74 Å². The van der Waals surface area contributed by atoms with Gasteiger partial charge in [-0.05, 0) is 24.3 Å². The van der Waals surface area contributed by atoms with E-state index in [1.165, 1.54) is 11.8 Å². The summed E-state index contributed by atoms with van der Waals surface area (Å²) in [6.07, 6.45) is 3.51. The van der Waals surface area contributed by atoms with Gasteiger partial charge in [-0.15, -0.1) is 0 Å². The predicted octanol–water partition coefficient (Wildman–Crippen LogP) is 4.66. The van der Waals surface area contributed by atoms with Gasteiger partial charge >= 0.3 is 0 Å². The second-order valence-electron chi connectivity index (χ2n) is 4.99. The Morgan fingerprint density at radius 3 is 2.58 bits per heavy atom. The summed E-state index contributed by atoms with van der Waals surface area (Å²) >= 11 is 6.68. The highest BCUT2D eigenvalue weighted by molar-refractivity contribution is 8.27. The molecule has 1 aliphatic rings. The Bertz CT molecular complexity index is 815. The minimum Gasteiger partial charge on any atom is -0.489 e. The normalized spacial score (nSPS) is 15.8. The van der Waals surface area contributed by atoms with Crippen LogP contribution in [0, 0.1) is 0 Å². The van der Waals surface area contributed by atoms with Crippen molar-refractivity contribution in [1.29, 1.82) is 0 Å². The third kappa shape index (κ3) is 3.42. The van der Waals surface area contributed by atoms with Gasteiger partial charge in [0, 0.05) is 5.56 Å². The molecule has 3 rings (SSSR count). The Hall–Kier alpha value is -2.37. The van der Waals surface area contributed by atoms with Crippen molar-refractivity contribution < 1.29 is 9.53 Å². The smallest absolute Gasteiger partial charge is 0.270 e. The summed E-state index contributed by atoms with van der Waals surface area (Å²) in [4.78, 5) is 14.9. The zero-order chi connectivity index (χ0) is 16.9. The highest BCUT2D eigenvalue weighted by Crippen LogP contribution is 2.36. The predicted molar refractivity (Wildman–Crippen MR) is 104 cm³/mol. The Kier molecular flexibility index (Phi) is 5.13. The van der Waals surface area contributed by atoms with Gasteiger partial charge in [-0.2, -0.15) is 0 Å². The number of thiocarbonyl (C=S) groups is 1. The summed E-state index contributed by atoms with van der Waals surface area (Å²) in [7, 11) is 0. The van der Waals surface area contributed by atoms with E-state index >= 15 is 0 Å². The van der Waals surface area contributed by atoms with Gasteiger partial charge in [0.25, 0.3) is 5.91 Å². The Balaban J connectivity index is 1.91. The van der Waals surface area contributed by atoms with Gasteiger partial charge in [0.1, 0.15) is 12.4 Å². The third-order valence-corrected chi connectivity index (χ3v) is 4.67. The molecule has 1 fully saturated rings. The van der Waals surface area contributed by atoms with E-state index in [0.29, 0.717) is 21.6 Å². The molecule has 0 aromatic heterocycles. The van der Waals surface area contributed by atoms with E-state index in [4.69, 9.17) is 17.0 Å². The Labute approximate surface area is 150 Å². The van der Waals surface area contributed by atoms with Crippen molar-refractivity contribution >= 4 is 46.0 Å². The van der Waals surface area contributed by atoms with E-state index in [1.807, 2.05) is 60.7 Å². The molecule has 1 saturated heterocycles.